The lowest BCUT2D eigenvalue weighted by Crippen LogP contribution is -2.41. The first-order valence-electron chi connectivity index (χ1n) is 8.97. The number of nitrogens with zero attached hydrogens (tertiary/aromatic N) is 3. The molecule has 25 heavy (non-hydrogen) atoms. The van der Waals surface area contributed by atoms with E-state index in [4.69, 9.17) is 9.47 Å². The highest BCUT2D eigenvalue weighted by Gasteiger charge is 2.27. The van der Waals surface area contributed by atoms with Gasteiger partial charge in [-0.05, 0) is 31.0 Å². The lowest BCUT2D eigenvalue weighted by Gasteiger charge is -2.34. The summed E-state index contributed by atoms with van der Waals surface area (Å²) in [6.45, 7) is 4.70. The summed E-state index contributed by atoms with van der Waals surface area (Å²) in [5.41, 5.74) is 0.659. The van der Waals surface area contributed by atoms with Crippen LogP contribution in [-0.2, 0) is 6.42 Å². The molecule has 1 atom stereocenters. The molecule has 0 unspecified atom stereocenters. The first kappa shape index (κ1) is 16.0. The predicted octanol–water partition coefficient (Wildman–Crippen LogP) is 2.69. The van der Waals surface area contributed by atoms with E-state index in [1.807, 2.05) is 29.4 Å². The normalized spacial score (nSPS) is 19.7. The number of ether oxygens (including phenoxy) is 2. The minimum atomic E-state index is 0.0554. The van der Waals surface area contributed by atoms with Crippen LogP contribution in [0, 0.1) is 0 Å². The number of imidazole rings is 1. The first-order chi connectivity index (χ1) is 12.3. The van der Waals surface area contributed by atoms with Crippen molar-refractivity contribution in [3.63, 3.8) is 0 Å². The zero-order chi connectivity index (χ0) is 17.2. The molecule has 4 rings (SSSR count). The number of carbonyl (C=O) groups is 1. The van der Waals surface area contributed by atoms with E-state index in [1.54, 1.807) is 6.07 Å². The van der Waals surface area contributed by atoms with Crippen molar-refractivity contribution in [2.75, 3.05) is 26.3 Å². The molecule has 0 aliphatic carbocycles. The second kappa shape index (κ2) is 6.78. The second-order valence-corrected chi connectivity index (χ2v) is 6.51. The highest BCUT2D eigenvalue weighted by molar-refractivity contribution is 5.95. The molecule has 0 spiro atoms. The van der Waals surface area contributed by atoms with Crippen LogP contribution in [0.1, 0.15) is 42.0 Å². The number of carbonyl (C=O) groups excluding carboxylic acids is 1. The predicted molar refractivity (Wildman–Crippen MR) is 93.2 cm³/mol. The van der Waals surface area contributed by atoms with Crippen LogP contribution in [0.5, 0.6) is 11.5 Å². The molecule has 2 aliphatic rings. The molecule has 0 saturated carbocycles. The molecule has 2 aromatic rings. The molecule has 1 saturated heterocycles. The molecule has 1 aromatic heterocycles. The van der Waals surface area contributed by atoms with Gasteiger partial charge in [0, 0.05) is 37.5 Å². The third-order valence-electron chi connectivity index (χ3n) is 4.93. The third-order valence-corrected chi connectivity index (χ3v) is 4.93. The van der Waals surface area contributed by atoms with Crippen LogP contribution in [0.15, 0.2) is 30.6 Å². The smallest absolute Gasteiger partial charge is 0.254 e. The second-order valence-electron chi connectivity index (χ2n) is 6.51. The van der Waals surface area contributed by atoms with Crippen LogP contribution >= 0.6 is 0 Å². The molecule has 0 radical (unpaired) electrons. The Morgan fingerprint density at radius 3 is 2.96 bits per heavy atom. The van der Waals surface area contributed by atoms with Crippen molar-refractivity contribution in [3.05, 3.63) is 42.0 Å². The summed E-state index contributed by atoms with van der Waals surface area (Å²) in [6, 6.07) is 5.75. The van der Waals surface area contributed by atoms with Crippen molar-refractivity contribution in [1.82, 2.24) is 14.5 Å². The van der Waals surface area contributed by atoms with E-state index >= 15 is 0 Å². The monoisotopic (exact) mass is 341 g/mol. The van der Waals surface area contributed by atoms with Crippen molar-refractivity contribution in [1.29, 1.82) is 0 Å². The fourth-order valence-electron chi connectivity index (χ4n) is 3.68. The van der Waals surface area contributed by atoms with Gasteiger partial charge in [0.15, 0.2) is 11.5 Å². The lowest BCUT2D eigenvalue weighted by molar-refractivity contribution is 0.0677. The summed E-state index contributed by atoms with van der Waals surface area (Å²) in [4.78, 5) is 19.3. The Labute approximate surface area is 147 Å². The van der Waals surface area contributed by atoms with E-state index in [1.165, 1.54) is 0 Å². The van der Waals surface area contributed by atoms with Crippen LogP contribution < -0.4 is 9.47 Å². The zero-order valence-electron chi connectivity index (χ0n) is 14.5. The van der Waals surface area contributed by atoms with Gasteiger partial charge < -0.3 is 18.9 Å². The highest BCUT2D eigenvalue weighted by Crippen LogP contribution is 2.32. The minimum absolute atomic E-state index is 0.0554. The van der Waals surface area contributed by atoms with Crippen LogP contribution in [0.2, 0.25) is 0 Å². The van der Waals surface area contributed by atoms with Gasteiger partial charge in [0.2, 0.25) is 0 Å². The van der Waals surface area contributed by atoms with E-state index in [9.17, 15) is 4.79 Å². The molecule has 1 aromatic carbocycles. The molecule has 0 bridgehead atoms. The van der Waals surface area contributed by atoms with Gasteiger partial charge in [0.1, 0.15) is 19.0 Å². The number of benzene rings is 1. The molecule has 0 N–H and O–H groups in total. The number of amides is 1. The lowest BCUT2D eigenvalue weighted by atomic mass is 10.0. The average Bonchev–Trinajstić information content (AvgIpc) is 3.16. The number of rotatable bonds is 3. The molecule has 1 fully saturated rings. The Hall–Kier alpha value is -2.50. The third kappa shape index (κ3) is 3.08. The van der Waals surface area contributed by atoms with Gasteiger partial charge in [-0.25, -0.2) is 4.98 Å². The fraction of sp³-hybridized carbons (Fsp3) is 0.474. The molecule has 6 heteroatoms. The van der Waals surface area contributed by atoms with Crippen molar-refractivity contribution < 1.29 is 14.3 Å². The van der Waals surface area contributed by atoms with Crippen LogP contribution in [-0.4, -0.2) is 46.7 Å². The molecule has 6 nitrogen and oxygen atoms in total. The summed E-state index contributed by atoms with van der Waals surface area (Å²) < 4.78 is 13.4. The van der Waals surface area contributed by atoms with Crippen molar-refractivity contribution in [3.8, 4) is 11.5 Å². The Bertz CT molecular complexity index is 771. The van der Waals surface area contributed by atoms with Crippen molar-refractivity contribution in [2.24, 2.45) is 0 Å². The number of aryl methyl sites for hydroxylation is 1. The summed E-state index contributed by atoms with van der Waals surface area (Å²) in [6.07, 6.45) is 6.86. The van der Waals surface area contributed by atoms with Gasteiger partial charge in [-0.3, -0.25) is 4.79 Å². The zero-order valence-corrected chi connectivity index (χ0v) is 14.5. The topological polar surface area (TPSA) is 56.6 Å². The molecule has 132 valence electrons. The summed E-state index contributed by atoms with van der Waals surface area (Å²) in [7, 11) is 0. The molecular weight excluding hydrogens is 318 g/mol. The average molecular weight is 341 g/mol. The van der Waals surface area contributed by atoms with Crippen LogP contribution in [0.3, 0.4) is 0 Å². The van der Waals surface area contributed by atoms with Gasteiger partial charge in [-0.2, -0.15) is 0 Å². The van der Waals surface area contributed by atoms with Crippen LogP contribution in [0.4, 0.5) is 0 Å². The maximum Gasteiger partial charge on any atom is 0.254 e. The Kier molecular flexibility index (Phi) is 4.34. The van der Waals surface area contributed by atoms with Gasteiger partial charge in [-0.1, -0.05) is 6.92 Å². The minimum Gasteiger partial charge on any atom is -0.486 e. The first-order valence-corrected chi connectivity index (χ1v) is 8.97. The van der Waals surface area contributed by atoms with Crippen molar-refractivity contribution in [2.45, 2.75) is 32.2 Å². The molecule has 2 aliphatic heterocycles. The number of hydrogen-bond acceptors (Lipinski definition) is 4. The van der Waals surface area contributed by atoms with Crippen molar-refractivity contribution >= 4 is 5.91 Å². The van der Waals surface area contributed by atoms with Gasteiger partial charge >= 0.3 is 0 Å². The van der Waals surface area contributed by atoms with Crippen LogP contribution in [0.25, 0.3) is 0 Å². The molecular formula is C19H23N3O3. The quantitative estimate of drug-likeness (QED) is 0.861. The summed E-state index contributed by atoms with van der Waals surface area (Å²) in [5.74, 6) is 2.51. The number of hydrogen-bond donors (Lipinski definition) is 0. The van der Waals surface area contributed by atoms with E-state index in [-0.39, 0.29) is 5.91 Å². The van der Waals surface area contributed by atoms with E-state index in [2.05, 4.69) is 16.5 Å². The summed E-state index contributed by atoms with van der Waals surface area (Å²) >= 11 is 0. The molecule has 3 heterocycles. The maximum atomic E-state index is 13.0. The van der Waals surface area contributed by atoms with E-state index in [0.717, 1.165) is 38.2 Å². The van der Waals surface area contributed by atoms with Gasteiger partial charge in [0.05, 0.1) is 6.04 Å². The maximum absolute atomic E-state index is 13.0. The summed E-state index contributed by atoms with van der Waals surface area (Å²) in [5, 5.41) is 0. The Morgan fingerprint density at radius 2 is 2.12 bits per heavy atom. The number of likely N-dealkylation sites (tertiary alicyclic amines) is 1. The SMILES string of the molecule is CCc1nccn1[C@H]1CCCN(C(=O)c2ccc3c(c2)OCCO3)C1. The largest absolute Gasteiger partial charge is 0.486 e. The van der Waals surface area contributed by atoms with E-state index < -0.39 is 0 Å². The standard InChI is InChI=1S/C19H23N3O3/c1-2-18-20-7-9-22(18)15-4-3-8-21(13-15)19(23)14-5-6-16-17(12-14)25-11-10-24-16/h5-7,9,12,15H,2-4,8,10-11,13H2,1H3/t15-/m0/s1. The Balaban J connectivity index is 1.52. The highest BCUT2D eigenvalue weighted by atomic mass is 16.6. The van der Waals surface area contributed by atoms with Gasteiger partial charge in [0.25, 0.3) is 5.91 Å². The Morgan fingerprint density at radius 1 is 1.28 bits per heavy atom. The number of piperidine rings is 1. The molecule has 1 amide bonds. The van der Waals surface area contributed by atoms with Gasteiger partial charge in [-0.15, -0.1) is 0 Å². The number of aromatic nitrogens is 2. The fourth-order valence-corrected chi connectivity index (χ4v) is 3.68. The number of fused-ring (bicyclic) bond motifs is 1. The van der Waals surface area contributed by atoms with E-state index in [0.29, 0.717) is 36.3 Å².